The van der Waals surface area contributed by atoms with Crippen LogP contribution in [0.5, 0.6) is 0 Å². The van der Waals surface area contributed by atoms with Crippen LogP contribution in [0.4, 0.5) is 0 Å². The third kappa shape index (κ3) is 3.16. The Morgan fingerprint density at radius 1 is 1.00 bits per heavy atom. The van der Waals surface area contributed by atoms with Crippen molar-refractivity contribution in [2.45, 2.75) is 46.0 Å². The molecule has 1 nitrogen and oxygen atoms in total. The quantitative estimate of drug-likeness (QED) is 0.782. The van der Waals surface area contributed by atoms with E-state index in [1.54, 1.807) is 0 Å². The van der Waals surface area contributed by atoms with Gasteiger partial charge in [0.2, 0.25) is 0 Å². The summed E-state index contributed by atoms with van der Waals surface area (Å²) in [5.41, 5.74) is 12.7. The van der Waals surface area contributed by atoms with Crippen LogP contribution in [-0.2, 0) is 6.42 Å². The van der Waals surface area contributed by atoms with Gasteiger partial charge in [-0.2, -0.15) is 0 Å². The first kappa shape index (κ1) is 14.1. The smallest absolute Gasteiger partial charge is 0.00772 e. The monoisotopic (exact) mass is 255 g/mol. The summed E-state index contributed by atoms with van der Waals surface area (Å²) >= 11 is 0. The molecule has 0 saturated carbocycles. The Morgan fingerprint density at radius 2 is 1.79 bits per heavy atom. The van der Waals surface area contributed by atoms with Gasteiger partial charge in [0.25, 0.3) is 0 Å². The van der Waals surface area contributed by atoms with Crippen molar-refractivity contribution in [3.63, 3.8) is 0 Å². The van der Waals surface area contributed by atoms with Gasteiger partial charge in [-0.25, -0.2) is 0 Å². The molecule has 0 atom stereocenters. The molecule has 0 amide bonds. The van der Waals surface area contributed by atoms with Gasteiger partial charge in [-0.05, 0) is 66.5 Å². The van der Waals surface area contributed by atoms with Gasteiger partial charge in [0.15, 0.2) is 0 Å². The van der Waals surface area contributed by atoms with E-state index in [9.17, 15) is 0 Å². The second kappa shape index (κ2) is 6.21. The van der Waals surface area contributed by atoms with Gasteiger partial charge in [-0.15, -0.1) is 0 Å². The summed E-state index contributed by atoms with van der Waals surface area (Å²) in [7, 11) is 0. The molecule has 2 N–H and O–H groups in total. The lowest BCUT2D eigenvalue weighted by Crippen LogP contribution is -1.99. The van der Waals surface area contributed by atoms with Crippen molar-refractivity contribution in [2.75, 3.05) is 6.54 Å². The van der Waals surface area contributed by atoms with E-state index >= 15 is 0 Å². The highest BCUT2D eigenvalue weighted by Gasteiger charge is 2.11. The van der Waals surface area contributed by atoms with Gasteiger partial charge < -0.3 is 5.73 Å². The molecule has 0 saturated heterocycles. The van der Waals surface area contributed by atoms with Gasteiger partial charge in [0.05, 0.1) is 0 Å². The van der Waals surface area contributed by atoms with E-state index in [1.807, 2.05) is 0 Å². The van der Waals surface area contributed by atoms with E-state index in [-0.39, 0.29) is 0 Å². The number of nitrogens with two attached hydrogens (primary N) is 1. The number of unbranched alkanes of at least 4 members (excludes halogenated alkanes) is 1. The van der Waals surface area contributed by atoms with E-state index < -0.39 is 0 Å². The van der Waals surface area contributed by atoms with Crippen LogP contribution in [0.2, 0.25) is 0 Å². The predicted molar refractivity (Wildman–Crippen MR) is 83.9 cm³/mol. The highest BCUT2D eigenvalue weighted by Crippen LogP contribution is 2.33. The number of hydrogen-bond acceptors (Lipinski definition) is 1. The molecule has 0 aromatic heterocycles. The minimum absolute atomic E-state index is 0.571. The lowest BCUT2D eigenvalue weighted by molar-refractivity contribution is 0.746. The Morgan fingerprint density at radius 3 is 2.47 bits per heavy atom. The van der Waals surface area contributed by atoms with Crippen molar-refractivity contribution in [1.29, 1.82) is 0 Å². The van der Waals surface area contributed by atoms with Crippen molar-refractivity contribution in [3.05, 3.63) is 47.0 Å². The van der Waals surface area contributed by atoms with Crippen molar-refractivity contribution in [3.8, 4) is 11.1 Å². The van der Waals surface area contributed by atoms with Gasteiger partial charge in [0.1, 0.15) is 0 Å². The van der Waals surface area contributed by atoms with Crippen LogP contribution in [-0.4, -0.2) is 6.54 Å². The third-order valence-corrected chi connectivity index (χ3v) is 3.92. The summed E-state index contributed by atoms with van der Waals surface area (Å²) in [6, 6.07) is 11.5. The largest absolute Gasteiger partial charge is 0.330 e. The molecule has 102 valence electrons. The van der Waals surface area contributed by atoms with Gasteiger partial charge in [0, 0.05) is 0 Å². The van der Waals surface area contributed by atoms with E-state index in [1.165, 1.54) is 34.2 Å². The average Bonchev–Trinajstić information content (AvgIpc) is 2.63. The summed E-state index contributed by atoms with van der Waals surface area (Å²) in [5.74, 6) is 0.571. The van der Waals surface area contributed by atoms with Crippen molar-refractivity contribution in [1.82, 2.24) is 0 Å². The zero-order chi connectivity index (χ0) is 13.8. The summed E-state index contributed by atoms with van der Waals surface area (Å²) in [4.78, 5) is 0. The molecule has 0 heterocycles. The molecule has 0 spiro atoms. The van der Waals surface area contributed by atoms with Crippen LogP contribution in [0.1, 0.15) is 49.3 Å². The second-order valence-corrected chi connectivity index (χ2v) is 5.75. The lowest BCUT2D eigenvalue weighted by Gasteiger charge is -2.05. The van der Waals surface area contributed by atoms with E-state index in [0.717, 1.165) is 19.4 Å². The number of aryl methyl sites for hydroxylation is 2. The van der Waals surface area contributed by atoms with E-state index in [2.05, 4.69) is 51.1 Å². The normalized spacial score (nSPS) is 11.4. The number of fused-ring (bicyclic) bond motifs is 1. The second-order valence-electron chi connectivity index (χ2n) is 5.75. The van der Waals surface area contributed by atoms with Crippen LogP contribution in [0.25, 0.3) is 11.1 Å². The molecule has 2 rings (SSSR count). The molecule has 0 aromatic rings. The van der Waals surface area contributed by atoms with Gasteiger partial charge >= 0.3 is 0 Å². The SMILES string of the molecule is Cc1ccc2c(CCCCN)ccc(C(C)C)cc1-2. The van der Waals surface area contributed by atoms with E-state index in [4.69, 9.17) is 5.73 Å². The molecule has 1 heteroatoms. The van der Waals surface area contributed by atoms with Crippen LogP contribution < -0.4 is 5.73 Å². The number of hydrogen-bond donors (Lipinski definition) is 1. The van der Waals surface area contributed by atoms with E-state index in [0.29, 0.717) is 5.92 Å². The lowest BCUT2D eigenvalue weighted by atomic mass is 10.00. The fourth-order valence-corrected chi connectivity index (χ4v) is 2.61. The maximum absolute atomic E-state index is 5.60. The molecular formula is C18H25N. The Labute approximate surface area is 117 Å². The van der Waals surface area contributed by atoms with Crippen molar-refractivity contribution in [2.24, 2.45) is 5.73 Å². The Kier molecular flexibility index (Phi) is 4.60. The minimum Gasteiger partial charge on any atom is -0.330 e. The molecule has 2 aliphatic rings. The first-order chi connectivity index (χ1) is 9.13. The maximum Gasteiger partial charge on any atom is -0.00772 e. The molecule has 0 unspecified atom stereocenters. The van der Waals surface area contributed by atoms with Crippen LogP contribution in [0.3, 0.4) is 0 Å². The molecule has 0 aromatic carbocycles. The third-order valence-electron chi connectivity index (χ3n) is 3.92. The van der Waals surface area contributed by atoms with Gasteiger partial charge in [-0.1, -0.05) is 44.2 Å². The molecule has 0 bridgehead atoms. The average molecular weight is 255 g/mol. The highest BCUT2D eigenvalue weighted by atomic mass is 14.5. The zero-order valence-corrected chi connectivity index (χ0v) is 12.4. The van der Waals surface area contributed by atoms with Crippen molar-refractivity contribution < 1.29 is 0 Å². The molecule has 0 radical (unpaired) electrons. The van der Waals surface area contributed by atoms with Crippen LogP contribution in [0, 0.1) is 6.92 Å². The Hall–Kier alpha value is -1.34. The Bertz CT molecular complexity index is 514. The maximum atomic E-state index is 5.60. The fourth-order valence-electron chi connectivity index (χ4n) is 2.61. The molecule has 19 heavy (non-hydrogen) atoms. The predicted octanol–water partition coefficient (Wildman–Crippen LogP) is 4.50. The summed E-state index contributed by atoms with van der Waals surface area (Å²) in [5, 5.41) is 0. The molecule has 2 aliphatic carbocycles. The van der Waals surface area contributed by atoms with Crippen molar-refractivity contribution >= 4 is 0 Å². The van der Waals surface area contributed by atoms with Crippen LogP contribution in [0.15, 0.2) is 30.3 Å². The Balaban J connectivity index is 2.41. The molecular weight excluding hydrogens is 230 g/mol. The van der Waals surface area contributed by atoms with Crippen LogP contribution >= 0.6 is 0 Å². The number of rotatable bonds is 5. The summed E-state index contributed by atoms with van der Waals surface area (Å²) in [6.45, 7) is 7.51. The molecule has 0 aliphatic heterocycles. The highest BCUT2D eigenvalue weighted by molar-refractivity contribution is 5.74. The topological polar surface area (TPSA) is 26.0 Å². The summed E-state index contributed by atoms with van der Waals surface area (Å²) < 4.78 is 0. The fraction of sp³-hybridized carbons (Fsp3) is 0.444. The summed E-state index contributed by atoms with van der Waals surface area (Å²) in [6.07, 6.45) is 3.41. The first-order valence-electron chi connectivity index (χ1n) is 7.35. The minimum atomic E-state index is 0.571. The molecule has 0 fully saturated rings. The standard InChI is InChI=1S/C18H25N/c1-13(2)16-9-8-15(6-4-5-11-19)17-10-7-14(3)18(17)12-16/h7-10,12-13H,4-6,11,19H2,1-3H3. The van der Waals surface area contributed by atoms with Gasteiger partial charge in [-0.3, -0.25) is 0 Å². The zero-order valence-electron chi connectivity index (χ0n) is 12.4. The first-order valence-corrected chi connectivity index (χ1v) is 7.35.